The Labute approximate surface area is 149 Å². The number of carbonyl (C=O) groups is 1. The number of rotatable bonds is 5. The third-order valence-corrected chi connectivity index (χ3v) is 3.51. The standard InChI is InChI=1S/C19H14ClFN2O2/c1-25-18-8-3-2-5-13(18)6-4-7-14(12-22)19(24)23-15-9-10-17(21)16(20)11-15/h2-11H,1H3,(H,23,24)/b6-4+,14-7+. The molecule has 1 N–H and O–H groups in total. The SMILES string of the molecule is COc1ccccc1/C=C/C=C(\C#N)C(=O)Nc1ccc(F)c(Cl)c1. The van der Waals surface area contributed by atoms with Gasteiger partial charge in [-0.2, -0.15) is 5.26 Å². The van der Waals surface area contributed by atoms with E-state index in [1.807, 2.05) is 24.3 Å². The Kier molecular flexibility index (Phi) is 6.33. The predicted molar refractivity (Wildman–Crippen MR) is 95.8 cm³/mol. The lowest BCUT2D eigenvalue weighted by Gasteiger charge is -2.05. The Hall–Kier alpha value is -3.10. The molecule has 126 valence electrons. The number of carbonyl (C=O) groups excluding carboxylic acids is 1. The number of nitrogens with one attached hydrogen (secondary N) is 1. The average molecular weight is 357 g/mol. The summed E-state index contributed by atoms with van der Waals surface area (Å²) in [6.07, 6.45) is 4.68. The Balaban J connectivity index is 2.13. The Morgan fingerprint density at radius 3 is 2.76 bits per heavy atom. The van der Waals surface area contributed by atoms with Gasteiger partial charge in [0.2, 0.25) is 0 Å². The van der Waals surface area contributed by atoms with Crippen LogP contribution >= 0.6 is 11.6 Å². The van der Waals surface area contributed by atoms with Crippen LogP contribution < -0.4 is 10.1 Å². The molecular formula is C19H14ClFN2O2. The summed E-state index contributed by atoms with van der Waals surface area (Å²) in [5, 5.41) is 11.5. The molecule has 2 aromatic rings. The van der Waals surface area contributed by atoms with E-state index in [1.54, 1.807) is 25.3 Å². The maximum atomic E-state index is 13.1. The molecule has 0 spiro atoms. The molecule has 1 amide bonds. The highest BCUT2D eigenvalue weighted by molar-refractivity contribution is 6.31. The van der Waals surface area contributed by atoms with Crippen LogP contribution in [0.1, 0.15) is 5.56 Å². The zero-order chi connectivity index (χ0) is 18.2. The minimum atomic E-state index is -0.616. The quantitative estimate of drug-likeness (QED) is 0.484. The number of halogens is 2. The average Bonchev–Trinajstić information content (AvgIpc) is 2.62. The van der Waals surface area contributed by atoms with E-state index in [2.05, 4.69) is 5.32 Å². The van der Waals surface area contributed by atoms with Crippen molar-refractivity contribution >= 4 is 29.3 Å². The number of amides is 1. The first-order valence-corrected chi connectivity index (χ1v) is 7.61. The molecule has 0 aliphatic heterocycles. The highest BCUT2D eigenvalue weighted by Gasteiger charge is 2.09. The molecule has 6 heteroatoms. The van der Waals surface area contributed by atoms with Gasteiger partial charge in [-0.15, -0.1) is 0 Å². The fourth-order valence-corrected chi connectivity index (χ4v) is 2.17. The second kappa shape index (κ2) is 8.67. The number of para-hydroxylation sites is 1. The van der Waals surface area contributed by atoms with Crippen LogP contribution in [0, 0.1) is 17.1 Å². The fourth-order valence-electron chi connectivity index (χ4n) is 1.99. The molecule has 2 aromatic carbocycles. The van der Waals surface area contributed by atoms with Gasteiger partial charge in [0.15, 0.2) is 0 Å². The molecule has 0 bridgehead atoms. The molecule has 0 aliphatic rings. The third kappa shape index (κ3) is 4.93. The van der Waals surface area contributed by atoms with E-state index in [0.717, 1.165) is 11.6 Å². The minimum absolute atomic E-state index is 0.105. The molecule has 0 aliphatic carbocycles. The van der Waals surface area contributed by atoms with Crippen molar-refractivity contribution in [2.24, 2.45) is 0 Å². The van der Waals surface area contributed by atoms with E-state index in [4.69, 9.17) is 21.6 Å². The molecule has 0 fully saturated rings. The van der Waals surface area contributed by atoms with E-state index in [9.17, 15) is 9.18 Å². The van der Waals surface area contributed by atoms with E-state index < -0.39 is 11.7 Å². The number of hydrogen-bond donors (Lipinski definition) is 1. The summed E-state index contributed by atoms with van der Waals surface area (Å²) in [5.41, 5.74) is 1.00. The maximum Gasteiger partial charge on any atom is 0.266 e. The fraction of sp³-hybridized carbons (Fsp3) is 0.0526. The normalized spacial score (nSPS) is 11.2. The van der Waals surface area contributed by atoms with Crippen LogP contribution in [0.5, 0.6) is 5.75 Å². The molecule has 0 heterocycles. The smallest absolute Gasteiger partial charge is 0.266 e. The van der Waals surface area contributed by atoms with Gasteiger partial charge in [-0.1, -0.05) is 42.0 Å². The van der Waals surface area contributed by atoms with Crippen LogP contribution in [0.4, 0.5) is 10.1 Å². The van der Waals surface area contributed by atoms with Gasteiger partial charge in [0.05, 0.1) is 12.1 Å². The number of hydrogen-bond acceptors (Lipinski definition) is 3. The van der Waals surface area contributed by atoms with Gasteiger partial charge in [-0.3, -0.25) is 4.79 Å². The molecule has 0 aromatic heterocycles. The van der Waals surface area contributed by atoms with E-state index >= 15 is 0 Å². The Morgan fingerprint density at radius 1 is 1.32 bits per heavy atom. The molecule has 0 saturated carbocycles. The molecule has 0 unspecified atom stereocenters. The molecular weight excluding hydrogens is 343 g/mol. The summed E-state index contributed by atoms with van der Waals surface area (Å²) in [6, 6.07) is 12.9. The molecule has 25 heavy (non-hydrogen) atoms. The third-order valence-electron chi connectivity index (χ3n) is 3.22. The van der Waals surface area contributed by atoms with Crippen molar-refractivity contribution in [2.75, 3.05) is 12.4 Å². The van der Waals surface area contributed by atoms with Crippen LogP contribution in [0.3, 0.4) is 0 Å². The molecule has 0 saturated heterocycles. The van der Waals surface area contributed by atoms with Crippen molar-refractivity contribution in [3.8, 4) is 11.8 Å². The van der Waals surface area contributed by atoms with Gasteiger partial charge in [0.1, 0.15) is 23.2 Å². The van der Waals surface area contributed by atoms with Crippen molar-refractivity contribution in [1.29, 1.82) is 5.26 Å². The monoisotopic (exact) mass is 356 g/mol. The first-order chi connectivity index (χ1) is 12.0. The van der Waals surface area contributed by atoms with Crippen molar-refractivity contribution in [2.45, 2.75) is 0 Å². The summed E-state index contributed by atoms with van der Waals surface area (Å²) in [6.45, 7) is 0. The Bertz CT molecular complexity index is 885. The zero-order valence-corrected chi connectivity index (χ0v) is 14.0. The van der Waals surface area contributed by atoms with E-state index in [1.165, 1.54) is 18.2 Å². The van der Waals surface area contributed by atoms with Gasteiger partial charge in [0, 0.05) is 11.3 Å². The van der Waals surface area contributed by atoms with Crippen LogP contribution in [0.2, 0.25) is 5.02 Å². The number of allylic oxidation sites excluding steroid dienone is 2. The number of methoxy groups -OCH3 is 1. The van der Waals surface area contributed by atoms with Crippen LogP contribution in [-0.4, -0.2) is 13.0 Å². The number of nitriles is 1. The van der Waals surface area contributed by atoms with Crippen molar-refractivity contribution in [3.05, 3.63) is 76.6 Å². The zero-order valence-electron chi connectivity index (χ0n) is 13.3. The minimum Gasteiger partial charge on any atom is -0.496 e. The van der Waals surface area contributed by atoms with Crippen molar-refractivity contribution in [1.82, 2.24) is 0 Å². The Morgan fingerprint density at radius 2 is 2.08 bits per heavy atom. The van der Waals surface area contributed by atoms with Gasteiger partial charge < -0.3 is 10.1 Å². The first kappa shape index (κ1) is 18.2. The number of benzene rings is 2. The second-order valence-electron chi connectivity index (χ2n) is 4.88. The van der Waals surface area contributed by atoms with Crippen molar-refractivity contribution in [3.63, 3.8) is 0 Å². The highest BCUT2D eigenvalue weighted by Crippen LogP contribution is 2.20. The van der Waals surface area contributed by atoms with Gasteiger partial charge in [-0.25, -0.2) is 4.39 Å². The van der Waals surface area contributed by atoms with Gasteiger partial charge in [-0.05, 0) is 30.3 Å². The first-order valence-electron chi connectivity index (χ1n) is 7.23. The van der Waals surface area contributed by atoms with Gasteiger partial charge >= 0.3 is 0 Å². The lowest BCUT2D eigenvalue weighted by atomic mass is 10.1. The molecule has 0 radical (unpaired) electrons. The number of nitrogens with zero attached hydrogens (tertiary/aromatic N) is 1. The van der Waals surface area contributed by atoms with Crippen molar-refractivity contribution < 1.29 is 13.9 Å². The summed E-state index contributed by atoms with van der Waals surface area (Å²) >= 11 is 5.66. The van der Waals surface area contributed by atoms with E-state index in [0.29, 0.717) is 11.4 Å². The summed E-state index contributed by atoms with van der Waals surface area (Å²) < 4.78 is 18.3. The van der Waals surface area contributed by atoms with Gasteiger partial charge in [0.25, 0.3) is 5.91 Å². The van der Waals surface area contributed by atoms with E-state index in [-0.39, 0.29) is 10.6 Å². The van der Waals surface area contributed by atoms with Crippen LogP contribution in [0.15, 0.2) is 60.2 Å². The second-order valence-corrected chi connectivity index (χ2v) is 5.28. The molecule has 0 atom stereocenters. The summed E-state index contributed by atoms with van der Waals surface area (Å²) in [7, 11) is 1.56. The lowest BCUT2D eigenvalue weighted by molar-refractivity contribution is -0.112. The highest BCUT2D eigenvalue weighted by atomic mass is 35.5. The molecule has 4 nitrogen and oxygen atoms in total. The largest absolute Gasteiger partial charge is 0.496 e. The topological polar surface area (TPSA) is 62.1 Å². The van der Waals surface area contributed by atoms with Crippen LogP contribution in [0.25, 0.3) is 6.08 Å². The summed E-state index contributed by atoms with van der Waals surface area (Å²) in [5.74, 6) is -0.527. The van der Waals surface area contributed by atoms with Crippen LogP contribution in [-0.2, 0) is 4.79 Å². The summed E-state index contributed by atoms with van der Waals surface area (Å²) in [4.78, 5) is 12.1. The number of ether oxygens (including phenoxy) is 1. The predicted octanol–water partition coefficient (Wildman–Crippen LogP) is 4.59. The lowest BCUT2D eigenvalue weighted by Crippen LogP contribution is -2.13. The number of anilines is 1. The maximum absolute atomic E-state index is 13.1. The molecule has 2 rings (SSSR count).